The van der Waals surface area contributed by atoms with E-state index in [1.54, 1.807) is 36.4 Å². The first kappa shape index (κ1) is 27.0. The van der Waals surface area contributed by atoms with Gasteiger partial charge in [-0.3, -0.25) is 14.4 Å². The number of fused-ring (bicyclic) bond motifs is 1. The van der Waals surface area contributed by atoms with Crippen LogP contribution in [0.15, 0.2) is 59.7 Å². The fraction of sp³-hybridized carbons (Fsp3) is 0.214. The molecular weight excluding hydrogens is 504 g/mol. The van der Waals surface area contributed by atoms with E-state index in [9.17, 15) is 14.4 Å². The molecule has 0 unspecified atom stereocenters. The van der Waals surface area contributed by atoms with Gasteiger partial charge >= 0.3 is 11.8 Å². The van der Waals surface area contributed by atoms with E-state index in [1.165, 1.54) is 13.3 Å². The van der Waals surface area contributed by atoms with Gasteiger partial charge in [-0.15, -0.1) is 0 Å². The summed E-state index contributed by atoms with van der Waals surface area (Å²) in [6.45, 7) is 3.98. The second-order valence-electron chi connectivity index (χ2n) is 8.56. The maximum atomic E-state index is 12.4. The summed E-state index contributed by atoms with van der Waals surface area (Å²) in [5.41, 5.74) is 6.29. The molecule has 11 heteroatoms. The van der Waals surface area contributed by atoms with E-state index in [0.29, 0.717) is 28.6 Å². The molecular formula is C28H28N4O7. The maximum Gasteiger partial charge on any atom is 0.329 e. The molecule has 0 bridgehead atoms. The number of aryl methyl sites for hydroxylation is 1. The number of hydrazone groups is 1. The van der Waals surface area contributed by atoms with Crippen LogP contribution in [0.5, 0.6) is 23.0 Å². The Kier molecular flexibility index (Phi) is 8.62. The van der Waals surface area contributed by atoms with Crippen molar-refractivity contribution in [3.05, 3.63) is 76.9 Å². The molecule has 1 aliphatic rings. The minimum absolute atomic E-state index is 0.133. The molecule has 0 aliphatic carbocycles. The van der Waals surface area contributed by atoms with Crippen LogP contribution in [0.4, 0.5) is 5.69 Å². The summed E-state index contributed by atoms with van der Waals surface area (Å²) >= 11 is 0. The third-order valence-corrected chi connectivity index (χ3v) is 5.90. The summed E-state index contributed by atoms with van der Waals surface area (Å²) in [5, 5.41) is 9.18. The number of carbonyl (C=O) groups excluding carboxylic acids is 3. The summed E-state index contributed by atoms with van der Waals surface area (Å²) < 4.78 is 21.5. The number of rotatable bonds is 9. The lowest BCUT2D eigenvalue weighted by atomic mass is 10.1. The summed E-state index contributed by atoms with van der Waals surface area (Å²) in [6, 6.07) is 15.8. The highest BCUT2D eigenvalue weighted by Gasteiger charge is 2.16. The fourth-order valence-corrected chi connectivity index (χ4v) is 3.63. The summed E-state index contributed by atoms with van der Waals surface area (Å²) in [7, 11) is 1.46. The van der Waals surface area contributed by atoms with Crippen LogP contribution in [-0.2, 0) is 20.9 Å². The SMILES string of the molecule is COc1cc(/C=N\NC(=O)C(=O)NCc2ccc3c(c2)OCO3)ccc1OCC(=O)Nc1cccc(C)c1C. The van der Waals surface area contributed by atoms with E-state index in [4.69, 9.17) is 18.9 Å². The van der Waals surface area contributed by atoms with Gasteiger partial charge in [0, 0.05) is 12.2 Å². The van der Waals surface area contributed by atoms with Crippen LogP contribution in [-0.4, -0.2) is 44.4 Å². The van der Waals surface area contributed by atoms with Crippen molar-refractivity contribution in [2.24, 2.45) is 5.10 Å². The number of amides is 3. The smallest absolute Gasteiger partial charge is 0.329 e. The van der Waals surface area contributed by atoms with Crippen molar-refractivity contribution in [3.63, 3.8) is 0 Å². The Morgan fingerprint density at radius 3 is 2.62 bits per heavy atom. The lowest BCUT2D eigenvalue weighted by Gasteiger charge is -2.13. The molecule has 3 aromatic carbocycles. The van der Waals surface area contributed by atoms with Gasteiger partial charge in [0.2, 0.25) is 6.79 Å². The normalized spacial score (nSPS) is 11.7. The molecule has 0 spiro atoms. The number of nitrogens with zero attached hydrogens (tertiary/aromatic N) is 1. The predicted molar refractivity (Wildman–Crippen MR) is 143 cm³/mol. The Morgan fingerprint density at radius 2 is 1.79 bits per heavy atom. The predicted octanol–water partition coefficient (Wildman–Crippen LogP) is 2.82. The number of nitrogens with one attached hydrogen (secondary N) is 3. The van der Waals surface area contributed by atoms with Gasteiger partial charge in [-0.1, -0.05) is 18.2 Å². The van der Waals surface area contributed by atoms with Crippen LogP contribution in [0.3, 0.4) is 0 Å². The second kappa shape index (κ2) is 12.5. The highest BCUT2D eigenvalue weighted by atomic mass is 16.7. The maximum absolute atomic E-state index is 12.4. The molecule has 0 aromatic heterocycles. The van der Waals surface area contributed by atoms with Crippen LogP contribution < -0.4 is 35.0 Å². The number of benzene rings is 3. The monoisotopic (exact) mass is 532 g/mol. The zero-order chi connectivity index (χ0) is 27.8. The van der Waals surface area contributed by atoms with Gasteiger partial charge in [-0.2, -0.15) is 5.10 Å². The van der Waals surface area contributed by atoms with E-state index in [1.807, 2.05) is 32.0 Å². The largest absolute Gasteiger partial charge is 0.493 e. The molecule has 3 N–H and O–H groups in total. The van der Waals surface area contributed by atoms with Crippen molar-refractivity contribution in [1.29, 1.82) is 0 Å². The van der Waals surface area contributed by atoms with Gasteiger partial charge in [-0.25, -0.2) is 5.43 Å². The first-order valence-corrected chi connectivity index (χ1v) is 12.0. The number of carbonyl (C=O) groups is 3. The number of hydrogen-bond donors (Lipinski definition) is 3. The van der Waals surface area contributed by atoms with Gasteiger partial charge in [0.1, 0.15) is 0 Å². The average molecular weight is 533 g/mol. The molecule has 3 amide bonds. The molecule has 4 rings (SSSR count). The molecule has 0 fully saturated rings. The molecule has 1 heterocycles. The Balaban J connectivity index is 1.25. The van der Waals surface area contributed by atoms with Crippen LogP contribution in [0.2, 0.25) is 0 Å². The summed E-state index contributed by atoms with van der Waals surface area (Å²) in [5.74, 6) is -0.130. The number of methoxy groups -OCH3 is 1. The van der Waals surface area contributed by atoms with Crippen molar-refractivity contribution in [3.8, 4) is 23.0 Å². The van der Waals surface area contributed by atoms with Crippen LogP contribution in [0.25, 0.3) is 0 Å². The molecule has 202 valence electrons. The quantitative estimate of drug-likeness (QED) is 0.219. The Bertz CT molecular complexity index is 1420. The fourth-order valence-electron chi connectivity index (χ4n) is 3.63. The van der Waals surface area contributed by atoms with Crippen molar-refractivity contribution < 1.29 is 33.3 Å². The Hall–Kier alpha value is -5.06. The van der Waals surface area contributed by atoms with Crippen LogP contribution in [0, 0.1) is 13.8 Å². The summed E-state index contributed by atoms with van der Waals surface area (Å²) in [4.78, 5) is 36.5. The molecule has 0 saturated heterocycles. The number of anilines is 1. The molecule has 0 radical (unpaired) electrons. The Labute approximate surface area is 225 Å². The molecule has 3 aromatic rings. The van der Waals surface area contributed by atoms with Gasteiger partial charge in [0.15, 0.2) is 29.6 Å². The molecule has 39 heavy (non-hydrogen) atoms. The third-order valence-electron chi connectivity index (χ3n) is 5.90. The summed E-state index contributed by atoms with van der Waals surface area (Å²) in [6.07, 6.45) is 1.35. The van der Waals surface area contributed by atoms with Gasteiger partial charge in [0.05, 0.1) is 13.3 Å². The average Bonchev–Trinajstić information content (AvgIpc) is 3.41. The third kappa shape index (κ3) is 7.04. The molecule has 1 aliphatic heterocycles. The van der Waals surface area contributed by atoms with E-state index < -0.39 is 11.8 Å². The first-order chi connectivity index (χ1) is 18.8. The van der Waals surface area contributed by atoms with Crippen LogP contribution >= 0.6 is 0 Å². The lowest BCUT2D eigenvalue weighted by Crippen LogP contribution is -2.37. The van der Waals surface area contributed by atoms with Crippen molar-refractivity contribution in [1.82, 2.24) is 10.7 Å². The van der Waals surface area contributed by atoms with E-state index in [2.05, 4.69) is 21.2 Å². The van der Waals surface area contributed by atoms with Gasteiger partial charge in [0.25, 0.3) is 5.91 Å². The second-order valence-corrected chi connectivity index (χ2v) is 8.56. The first-order valence-electron chi connectivity index (χ1n) is 12.0. The zero-order valence-electron chi connectivity index (χ0n) is 21.7. The molecule has 11 nitrogen and oxygen atoms in total. The standard InChI is InChI=1S/C28H28N4O7/c1-17-5-4-6-21(18(17)2)31-26(33)15-37-22-9-8-20(11-24(22)36-3)14-30-32-28(35)27(34)29-13-19-7-10-23-25(12-19)39-16-38-23/h4-12,14H,13,15-16H2,1-3H3,(H,29,34)(H,31,33)(H,32,35)/b30-14-. The Morgan fingerprint density at radius 1 is 0.974 bits per heavy atom. The van der Waals surface area contributed by atoms with Gasteiger partial charge in [-0.05, 0) is 72.5 Å². The van der Waals surface area contributed by atoms with E-state index >= 15 is 0 Å². The van der Waals surface area contributed by atoms with Crippen LogP contribution in [0.1, 0.15) is 22.3 Å². The van der Waals surface area contributed by atoms with Crippen molar-refractivity contribution in [2.75, 3.05) is 25.8 Å². The molecule has 0 atom stereocenters. The zero-order valence-corrected chi connectivity index (χ0v) is 21.7. The lowest BCUT2D eigenvalue weighted by molar-refractivity contribution is -0.139. The van der Waals surface area contributed by atoms with Crippen molar-refractivity contribution >= 4 is 29.6 Å². The van der Waals surface area contributed by atoms with E-state index in [-0.39, 0.29) is 25.9 Å². The van der Waals surface area contributed by atoms with Crippen molar-refractivity contribution in [2.45, 2.75) is 20.4 Å². The molecule has 0 saturated carbocycles. The highest BCUT2D eigenvalue weighted by molar-refractivity contribution is 6.35. The topological polar surface area (TPSA) is 137 Å². The minimum atomic E-state index is -0.922. The highest BCUT2D eigenvalue weighted by Crippen LogP contribution is 2.32. The number of hydrogen-bond acceptors (Lipinski definition) is 8. The van der Waals surface area contributed by atoms with Gasteiger partial charge < -0.3 is 29.6 Å². The van der Waals surface area contributed by atoms with E-state index in [0.717, 1.165) is 22.4 Å². The number of ether oxygens (including phenoxy) is 4. The minimum Gasteiger partial charge on any atom is -0.493 e.